The van der Waals surface area contributed by atoms with Crippen LogP contribution in [0.25, 0.3) is 0 Å². The Bertz CT molecular complexity index is 626. The lowest BCUT2D eigenvalue weighted by molar-refractivity contribution is 0.0793. The van der Waals surface area contributed by atoms with Gasteiger partial charge in [0.2, 0.25) is 0 Å². The molecule has 1 saturated heterocycles. The molecule has 3 rings (SSSR count). The molecule has 1 aliphatic heterocycles. The SMILES string of the molecule is COc1csc(C(=O)N2C[C@@H](N)[C@H](c3ccccc3)C2)c1. The standard InChI is InChI=1S/C16H18N2O2S/c1-20-12-7-15(21-10-12)16(19)18-8-13(14(17)9-18)11-5-3-2-4-6-11/h2-7,10,13-14H,8-9,17H2,1H3/t13-,14+/m0/s1. The van der Waals surface area contributed by atoms with Gasteiger partial charge in [0.25, 0.3) is 5.91 Å². The molecule has 1 amide bonds. The zero-order chi connectivity index (χ0) is 14.8. The smallest absolute Gasteiger partial charge is 0.264 e. The number of ether oxygens (including phenoxy) is 1. The molecule has 0 spiro atoms. The van der Waals surface area contributed by atoms with Crippen molar-refractivity contribution in [2.45, 2.75) is 12.0 Å². The summed E-state index contributed by atoms with van der Waals surface area (Å²) >= 11 is 1.41. The Labute approximate surface area is 128 Å². The van der Waals surface area contributed by atoms with Gasteiger partial charge < -0.3 is 15.4 Å². The number of carbonyl (C=O) groups is 1. The van der Waals surface area contributed by atoms with E-state index >= 15 is 0 Å². The maximum absolute atomic E-state index is 12.5. The van der Waals surface area contributed by atoms with Gasteiger partial charge in [-0.15, -0.1) is 11.3 Å². The highest BCUT2D eigenvalue weighted by Crippen LogP contribution is 2.29. The van der Waals surface area contributed by atoms with Crippen LogP contribution in [0.3, 0.4) is 0 Å². The van der Waals surface area contributed by atoms with Crippen LogP contribution in [-0.2, 0) is 0 Å². The number of methoxy groups -OCH3 is 1. The number of thiophene rings is 1. The summed E-state index contributed by atoms with van der Waals surface area (Å²) in [6, 6.07) is 11.9. The van der Waals surface area contributed by atoms with E-state index in [0.717, 1.165) is 5.75 Å². The van der Waals surface area contributed by atoms with E-state index in [1.807, 2.05) is 28.5 Å². The van der Waals surface area contributed by atoms with Crippen LogP contribution >= 0.6 is 11.3 Å². The van der Waals surface area contributed by atoms with E-state index in [4.69, 9.17) is 10.5 Å². The highest BCUT2D eigenvalue weighted by Gasteiger charge is 2.34. The maximum Gasteiger partial charge on any atom is 0.264 e. The van der Waals surface area contributed by atoms with E-state index in [1.54, 1.807) is 13.2 Å². The summed E-state index contributed by atoms with van der Waals surface area (Å²) in [4.78, 5) is 15.1. The predicted molar refractivity (Wildman–Crippen MR) is 83.9 cm³/mol. The second-order valence-electron chi connectivity index (χ2n) is 5.24. The summed E-state index contributed by atoms with van der Waals surface area (Å²) in [6.45, 7) is 1.27. The van der Waals surface area contributed by atoms with Crippen molar-refractivity contribution in [2.24, 2.45) is 5.73 Å². The van der Waals surface area contributed by atoms with Crippen LogP contribution in [0.4, 0.5) is 0 Å². The van der Waals surface area contributed by atoms with Crippen molar-refractivity contribution in [3.63, 3.8) is 0 Å². The monoisotopic (exact) mass is 302 g/mol. The molecule has 1 fully saturated rings. The van der Waals surface area contributed by atoms with Crippen molar-refractivity contribution in [3.8, 4) is 5.75 Å². The zero-order valence-electron chi connectivity index (χ0n) is 11.9. The van der Waals surface area contributed by atoms with Gasteiger partial charge in [-0.3, -0.25) is 4.79 Å². The highest BCUT2D eigenvalue weighted by atomic mass is 32.1. The molecule has 1 aromatic carbocycles. The Morgan fingerprint density at radius 3 is 2.76 bits per heavy atom. The predicted octanol–water partition coefficient (Wildman–Crippen LogP) is 2.32. The molecule has 21 heavy (non-hydrogen) atoms. The summed E-state index contributed by atoms with van der Waals surface area (Å²) in [5, 5.41) is 1.85. The molecule has 0 unspecified atom stereocenters. The lowest BCUT2D eigenvalue weighted by atomic mass is 9.95. The average Bonchev–Trinajstić information content (AvgIpc) is 3.14. The molecule has 2 N–H and O–H groups in total. The first-order valence-corrected chi connectivity index (χ1v) is 7.79. The molecular formula is C16H18N2O2S. The number of hydrogen-bond donors (Lipinski definition) is 1. The Morgan fingerprint density at radius 1 is 1.33 bits per heavy atom. The van der Waals surface area contributed by atoms with Crippen molar-refractivity contribution in [3.05, 3.63) is 52.2 Å². The summed E-state index contributed by atoms with van der Waals surface area (Å²) in [5.74, 6) is 0.973. The molecule has 0 bridgehead atoms. The molecule has 2 aromatic rings. The van der Waals surface area contributed by atoms with Crippen molar-refractivity contribution in [1.82, 2.24) is 4.90 Å². The Hall–Kier alpha value is -1.85. The van der Waals surface area contributed by atoms with Crippen LogP contribution in [-0.4, -0.2) is 37.0 Å². The summed E-state index contributed by atoms with van der Waals surface area (Å²) in [6.07, 6.45) is 0. The first kappa shape index (κ1) is 14.1. The van der Waals surface area contributed by atoms with Gasteiger partial charge in [0.1, 0.15) is 5.75 Å². The number of nitrogens with two attached hydrogens (primary N) is 1. The average molecular weight is 302 g/mol. The molecule has 0 aliphatic carbocycles. The Morgan fingerprint density at radius 2 is 2.10 bits per heavy atom. The Kier molecular flexibility index (Phi) is 3.94. The number of hydrogen-bond acceptors (Lipinski definition) is 4. The quantitative estimate of drug-likeness (QED) is 0.946. The normalized spacial score (nSPS) is 21.5. The van der Waals surface area contributed by atoms with Gasteiger partial charge in [0, 0.05) is 36.5 Å². The molecule has 1 aliphatic rings. The van der Waals surface area contributed by atoms with E-state index in [9.17, 15) is 4.79 Å². The lowest BCUT2D eigenvalue weighted by Crippen LogP contribution is -2.31. The lowest BCUT2D eigenvalue weighted by Gasteiger charge is -2.15. The van der Waals surface area contributed by atoms with Gasteiger partial charge in [0.15, 0.2) is 0 Å². The van der Waals surface area contributed by atoms with Crippen molar-refractivity contribution in [1.29, 1.82) is 0 Å². The van der Waals surface area contributed by atoms with Crippen LogP contribution in [0.2, 0.25) is 0 Å². The van der Waals surface area contributed by atoms with E-state index in [0.29, 0.717) is 18.0 Å². The second kappa shape index (κ2) is 5.87. The maximum atomic E-state index is 12.5. The van der Waals surface area contributed by atoms with E-state index in [2.05, 4.69) is 12.1 Å². The number of likely N-dealkylation sites (tertiary alicyclic amines) is 1. The van der Waals surface area contributed by atoms with Crippen LogP contribution in [0.1, 0.15) is 21.2 Å². The van der Waals surface area contributed by atoms with Gasteiger partial charge in [-0.25, -0.2) is 0 Å². The molecule has 0 saturated carbocycles. The number of amides is 1. The van der Waals surface area contributed by atoms with Crippen molar-refractivity contribution < 1.29 is 9.53 Å². The van der Waals surface area contributed by atoms with Crippen molar-refractivity contribution >= 4 is 17.2 Å². The third-order valence-electron chi connectivity index (χ3n) is 3.90. The van der Waals surface area contributed by atoms with Gasteiger partial charge in [-0.1, -0.05) is 30.3 Å². The first-order chi connectivity index (χ1) is 10.2. The summed E-state index contributed by atoms with van der Waals surface area (Å²) in [7, 11) is 1.60. The van der Waals surface area contributed by atoms with Gasteiger partial charge in [-0.05, 0) is 5.56 Å². The summed E-state index contributed by atoms with van der Waals surface area (Å²) < 4.78 is 5.13. The largest absolute Gasteiger partial charge is 0.496 e. The van der Waals surface area contributed by atoms with Crippen LogP contribution in [0, 0.1) is 0 Å². The van der Waals surface area contributed by atoms with E-state index in [-0.39, 0.29) is 17.9 Å². The van der Waals surface area contributed by atoms with Gasteiger partial charge in [-0.2, -0.15) is 0 Å². The molecule has 1 aromatic heterocycles. The van der Waals surface area contributed by atoms with Crippen LogP contribution in [0.5, 0.6) is 5.75 Å². The zero-order valence-corrected chi connectivity index (χ0v) is 12.7. The summed E-state index contributed by atoms with van der Waals surface area (Å²) in [5.41, 5.74) is 7.43. The molecule has 110 valence electrons. The third kappa shape index (κ3) is 2.80. The van der Waals surface area contributed by atoms with Crippen molar-refractivity contribution in [2.75, 3.05) is 20.2 Å². The third-order valence-corrected chi connectivity index (χ3v) is 4.80. The van der Waals surface area contributed by atoms with E-state index < -0.39 is 0 Å². The Balaban J connectivity index is 1.75. The van der Waals surface area contributed by atoms with Crippen LogP contribution in [0.15, 0.2) is 41.8 Å². The fourth-order valence-corrected chi connectivity index (χ4v) is 3.56. The molecule has 4 nitrogen and oxygen atoms in total. The first-order valence-electron chi connectivity index (χ1n) is 6.91. The van der Waals surface area contributed by atoms with Gasteiger partial charge in [0.05, 0.1) is 12.0 Å². The molecule has 5 heteroatoms. The molecule has 2 atom stereocenters. The molecule has 2 heterocycles. The molecular weight excluding hydrogens is 284 g/mol. The van der Waals surface area contributed by atoms with Crippen LogP contribution < -0.4 is 10.5 Å². The van der Waals surface area contributed by atoms with E-state index in [1.165, 1.54) is 16.9 Å². The number of benzene rings is 1. The fourth-order valence-electron chi connectivity index (χ4n) is 2.74. The van der Waals surface area contributed by atoms with Gasteiger partial charge >= 0.3 is 0 Å². The highest BCUT2D eigenvalue weighted by molar-refractivity contribution is 7.12. The number of nitrogens with zero attached hydrogens (tertiary/aromatic N) is 1. The molecule has 0 radical (unpaired) electrons. The number of rotatable bonds is 3. The topological polar surface area (TPSA) is 55.6 Å². The second-order valence-corrected chi connectivity index (χ2v) is 6.15. The minimum Gasteiger partial charge on any atom is -0.496 e. The fraction of sp³-hybridized carbons (Fsp3) is 0.312. The number of carbonyl (C=O) groups excluding carboxylic acids is 1. The minimum atomic E-state index is -0.0155. The minimum absolute atomic E-state index is 0.0155.